The number of hydrogen-bond acceptors (Lipinski definition) is 3. The van der Waals surface area contributed by atoms with Crippen molar-refractivity contribution in [3.05, 3.63) is 70.9 Å². The minimum Gasteiger partial charge on any atom is -0.315 e. The summed E-state index contributed by atoms with van der Waals surface area (Å²) in [5.74, 6) is -0.0766. The van der Waals surface area contributed by atoms with Crippen LogP contribution in [0.5, 0.6) is 0 Å². The summed E-state index contributed by atoms with van der Waals surface area (Å²) < 4.78 is 40.0. The SMILES string of the molecule is CCCN(CC(=O)Nc1cc(C(C)(C)C)nn1-c1ccccc1Cl)C(=O)Nc1ccc(C(F)(F)F)cc1. The van der Waals surface area contributed by atoms with Crippen molar-refractivity contribution < 1.29 is 22.8 Å². The molecule has 0 aliphatic rings. The molecule has 0 fully saturated rings. The van der Waals surface area contributed by atoms with Crippen LogP contribution in [-0.2, 0) is 16.4 Å². The molecule has 3 amide bonds. The fourth-order valence-electron chi connectivity index (χ4n) is 3.47. The van der Waals surface area contributed by atoms with Crippen molar-refractivity contribution in [3.8, 4) is 5.69 Å². The lowest BCUT2D eigenvalue weighted by atomic mass is 9.92. The number of hydrogen-bond donors (Lipinski definition) is 2. The highest BCUT2D eigenvalue weighted by molar-refractivity contribution is 6.32. The zero-order valence-corrected chi connectivity index (χ0v) is 21.7. The van der Waals surface area contributed by atoms with E-state index in [1.807, 2.05) is 27.7 Å². The number of halogens is 4. The van der Waals surface area contributed by atoms with Gasteiger partial charge in [0.25, 0.3) is 0 Å². The van der Waals surface area contributed by atoms with Gasteiger partial charge in [0.15, 0.2) is 0 Å². The number of benzene rings is 2. The first-order valence-corrected chi connectivity index (χ1v) is 12.1. The monoisotopic (exact) mass is 535 g/mol. The van der Waals surface area contributed by atoms with Gasteiger partial charge in [0, 0.05) is 23.7 Å². The summed E-state index contributed by atoms with van der Waals surface area (Å²) in [5, 5.41) is 10.5. The Balaban J connectivity index is 1.77. The topological polar surface area (TPSA) is 79.3 Å². The van der Waals surface area contributed by atoms with Crippen molar-refractivity contribution in [2.75, 3.05) is 23.7 Å². The molecular weight excluding hydrogens is 507 g/mol. The molecule has 0 saturated heterocycles. The lowest BCUT2D eigenvalue weighted by Crippen LogP contribution is -2.41. The maximum Gasteiger partial charge on any atom is 0.416 e. The molecule has 198 valence electrons. The van der Waals surface area contributed by atoms with Crippen LogP contribution in [0.25, 0.3) is 5.69 Å². The quantitative estimate of drug-likeness (QED) is 0.352. The molecule has 2 N–H and O–H groups in total. The van der Waals surface area contributed by atoms with Crippen molar-refractivity contribution >= 4 is 35.0 Å². The van der Waals surface area contributed by atoms with Crippen LogP contribution in [0.3, 0.4) is 0 Å². The molecule has 0 radical (unpaired) electrons. The minimum atomic E-state index is -4.47. The largest absolute Gasteiger partial charge is 0.416 e. The van der Waals surface area contributed by atoms with E-state index in [0.29, 0.717) is 22.9 Å². The Morgan fingerprint density at radius 3 is 2.24 bits per heavy atom. The van der Waals surface area contributed by atoms with Gasteiger partial charge < -0.3 is 15.5 Å². The molecule has 37 heavy (non-hydrogen) atoms. The van der Waals surface area contributed by atoms with Crippen molar-refractivity contribution in [2.24, 2.45) is 0 Å². The number of para-hydroxylation sites is 1. The lowest BCUT2D eigenvalue weighted by Gasteiger charge is -2.22. The summed E-state index contributed by atoms with van der Waals surface area (Å²) in [4.78, 5) is 27.1. The Hall–Kier alpha value is -3.53. The Morgan fingerprint density at radius 1 is 1.03 bits per heavy atom. The zero-order valence-electron chi connectivity index (χ0n) is 21.0. The maximum atomic E-state index is 13.0. The normalized spacial score (nSPS) is 11.8. The number of nitrogens with zero attached hydrogens (tertiary/aromatic N) is 3. The fourth-order valence-corrected chi connectivity index (χ4v) is 3.68. The summed E-state index contributed by atoms with van der Waals surface area (Å²) in [6.45, 7) is 7.81. The van der Waals surface area contributed by atoms with Gasteiger partial charge in [-0.3, -0.25) is 4.79 Å². The molecule has 2 aromatic carbocycles. The Morgan fingerprint density at radius 2 is 1.68 bits per heavy atom. The van der Waals surface area contributed by atoms with Crippen molar-refractivity contribution in [1.29, 1.82) is 0 Å². The molecule has 0 unspecified atom stereocenters. The smallest absolute Gasteiger partial charge is 0.315 e. The summed E-state index contributed by atoms with van der Waals surface area (Å²) in [7, 11) is 0. The molecule has 1 aromatic heterocycles. The van der Waals surface area contributed by atoms with Gasteiger partial charge in [0.2, 0.25) is 5.91 Å². The van der Waals surface area contributed by atoms with Crippen molar-refractivity contribution in [1.82, 2.24) is 14.7 Å². The van der Waals surface area contributed by atoms with E-state index in [4.69, 9.17) is 11.6 Å². The second-order valence-electron chi connectivity index (χ2n) is 9.50. The van der Waals surface area contributed by atoms with Crippen LogP contribution in [0.2, 0.25) is 5.02 Å². The van der Waals surface area contributed by atoms with E-state index in [1.165, 1.54) is 17.0 Å². The van der Waals surface area contributed by atoms with E-state index < -0.39 is 23.7 Å². The molecule has 0 saturated carbocycles. The lowest BCUT2D eigenvalue weighted by molar-refractivity contribution is -0.137. The van der Waals surface area contributed by atoms with E-state index in [0.717, 1.165) is 17.8 Å². The molecular formula is C26H29ClF3N5O2. The summed E-state index contributed by atoms with van der Waals surface area (Å²) in [6, 6.07) is 12.3. The second kappa shape index (κ2) is 11.2. The second-order valence-corrected chi connectivity index (χ2v) is 9.91. The predicted octanol–water partition coefficient (Wildman–Crippen LogP) is 6.72. The highest BCUT2D eigenvalue weighted by atomic mass is 35.5. The fraction of sp³-hybridized carbons (Fsp3) is 0.346. The number of alkyl halides is 3. The Bertz CT molecular complexity index is 1250. The molecule has 0 atom stereocenters. The van der Waals surface area contributed by atoms with Crippen LogP contribution in [0, 0.1) is 0 Å². The van der Waals surface area contributed by atoms with Crippen LogP contribution in [0.1, 0.15) is 45.4 Å². The molecule has 7 nitrogen and oxygen atoms in total. The van der Waals surface area contributed by atoms with E-state index in [1.54, 1.807) is 35.0 Å². The number of anilines is 2. The highest BCUT2D eigenvalue weighted by Gasteiger charge is 2.30. The van der Waals surface area contributed by atoms with E-state index in [-0.39, 0.29) is 24.2 Å². The van der Waals surface area contributed by atoms with Gasteiger partial charge >= 0.3 is 12.2 Å². The first-order chi connectivity index (χ1) is 17.3. The Kier molecular flexibility index (Phi) is 8.53. The third kappa shape index (κ3) is 7.25. The molecule has 0 aliphatic heterocycles. The molecule has 3 aromatic rings. The third-order valence-electron chi connectivity index (χ3n) is 5.40. The van der Waals surface area contributed by atoms with E-state index in [2.05, 4.69) is 15.7 Å². The number of carbonyl (C=O) groups is 2. The average molecular weight is 536 g/mol. The molecule has 0 aliphatic carbocycles. The summed E-state index contributed by atoms with van der Waals surface area (Å²) in [6.07, 6.45) is -3.91. The van der Waals surface area contributed by atoms with E-state index in [9.17, 15) is 22.8 Å². The van der Waals surface area contributed by atoms with Crippen LogP contribution < -0.4 is 10.6 Å². The van der Waals surface area contributed by atoms with Crippen LogP contribution in [0.4, 0.5) is 29.5 Å². The number of aromatic nitrogens is 2. The molecule has 0 spiro atoms. The highest BCUT2D eigenvalue weighted by Crippen LogP contribution is 2.30. The third-order valence-corrected chi connectivity index (χ3v) is 5.72. The Labute approximate surface area is 218 Å². The molecule has 0 bridgehead atoms. The number of carbonyl (C=O) groups excluding carboxylic acids is 2. The minimum absolute atomic E-state index is 0.186. The molecule has 1 heterocycles. The van der Waals surface area contributed by atoms with Gasteiger partial charge in [-0.15, -0.1) is 0 Å². The average Bonchev–Trinajstić information content (AvgIpc) is 3.23. The first kappa shape index (κ1) is 28.0. The maximum absolute atomic E-state index is 13.0. The first-order valence-electron chi connectivity index (χ1n) is 11.7. The summed E-state index contributed by atoms with van der Waals surface area (Å²) in [5.41, 5.74) is 0.377. The summed E-state index contributed by atoms with van der Waals surface area (Å²) >= 11 is 6.37. The van der Waals surface area contributed by atoms with Gasteiger partial charge in [-0.2, -0.15) is 18.3 Å². The standard InChI is InChI=1S/C26H29ClF3N5O2/c1-5-14-34(24(37)31-18-12-10-17(11-13-18)26(28,29)30)16-23(36)32-22-15-21(25(2,3)4)33-35(22)20-9-7-6-8-19(20)27/h6-13,15H,5,14,16H2,1-4H3,(H,31,37)(H,32,36). The number of amides is 3. The van der Waals surface area contributed by atoms with Crippen molar-refractivity contribution in [3.63, 3.8) is 0 Å². The van der Waals surface area contributed by atoms with Crippen LogP contribution in [-0.4, -0.2) is 39.7 Å². The van der Waals surface area contributed by atoms with Crippen LogP contribution >= 0.6 is 11.6 Å². The van der Waals surface area contributed by atoms with E-state index >= 15 is 0 Å². The van der Waals surface area contributed by atoms with Crippen molar-refractivity contribution in [2.45, 2.75) is 45.7 Å². The number of rotatable bonds is 7. The van der Waals surface area contributed by atoms with Gasteiger partial charge in [-0.1, -0.05) is 51.4 Å². The van der Waals surface area contributed by atoms with Gasteiger partial charge in [0.1, 0.15) is 12.4 Å². The molecule has 3 rings (SSSR count). The van der Waals surface area contributed by atoms with Crippen LogP contribution in [0.15, 0.2) is 54.6 Å². The number of nitrogens with one attached hydrogen (secondary N) is 2. The van der Waals surface area contributed by atoms with Gasteiger partial charge in [-0.25, -0.2) is 9.48 Å². The zero-order chi connectivity index (χ0) is 27.4. The predicted molar refractivity (Wildman–Crippen MR) is 138 cm³/mol. The van der Waals surface area contributed by atoms with Gasteiger partial charge in [-0.05, 0) is 42.8 Å². The van der Waals surface area contributed by atoms with Gasteiger partial charge in [0.05, 0.1) is 22.0 Å². The number of urea groups is 1. The molecule has 11 heteroatoms.